The van der Waals surface area contributed by atoms with Gasteiger partial charge in [-0.05, 0) is 80.1 Å². The van der Waals surface area contributed by atoms with E-state index in [0.29, 0.717) is 32.9 Å². The van der Waals surface area contributed by atoms with Crippen LogP contribution in [0.4, 0.5) is 0 Å². The summed E-state index contributed by atoms with van der Waals surface area (Å²) in [6, 6.07) is 9.92. The summed E-state index contributed by atoms with van der Waals surface area (Å²) in [4.78, 5) is 0.0464. The Kier molecular flexibility index (Phi) is 34.5. The van der Waals surface area contributed by atoms with E-state index in [9.17, 15) is 16.8 Å². The summed E-state index contributed by atoms with van der Waals surface area (Å²) >= 11 is 6.79. The Labute approximate surface area is 399 Å². The van der Waals surface area contributed by atoms with Crippen LogP contribution in [0.1, 0.15) is 245 Å². The molecule has 10 heteroatoms. The topological polar surface area (TPSA) is 86.7 Å². The molecule has 0 fully saturated rings. The average Bonchev–Trinajstić information content (AvgIpc) is 3.25. The summed E-state index contributed by atoms with van der Waals surface area (Å²) in [5, 5.41) is 0. The van der Waals surface area contributed by atoms with E-state index in [1.807, 2.05) is 0 Å². The summed E-state index contributed by atoms with van der Waals surface area (Å²) in [5.74, 6) is 0. The Bertz CT molecular complexity index is 1500. The van der Waals surface area contributed by atoms with Crippen molar-refractivity contribution in [2.24, 2.45) is 0 Å². The molecule has 0 saturated carbocycles. The Hall–Kier alpha value is -0.780. The lowest BCUT2D eigenvalue weighted by Gasteiger charge is -2.12. The lowest BCUT2D eigenvalue weighted by atomic mass is 10.0. The lowest BCUT2D eigenvalue weighted by molar-refractivity contribution is 0.305. The third kappa shape index (κ3) is 27.6. The van der Waals surface area contributed by atoms with E-state index in [0.717, 1.165) is 25.7 Å². The van der Waals surface area contributed by atoms with E-state index in [-0.39, 0.29) is 23.0 Å². The molecule has 0 aliphatic carbocycles. The van der Waals surface area contributed by atoms with Crippen molar-refractivity contribution in [3.63, 3.8) is 0 Å². The first-order valence-corrected chi connectivity index (χ1v) is 29.9. The number of rotatable bonds is 43. The van der Waals surface area contributed by atoms with Gasteiger partial charge in [0.05, 0.1) is 13.2 Å². The number of unbranched alkanes of at least 4 members (excludes halogenated alkanes) is 34. The van der Waals surface area contributed by atoms with Crippen molar-refractivity contribution in [2.45, 2.75) is 255 Å². The fourth-order valence-electron chi connectivity index (χ4n) is 8.22. The highest BCUT2D eigenvalue weighted by Crippen LogP contribution is 2.34. The molecule has 0 spiro atoms. The minimum atomic E-state index is -4.03. The lowest BCUT2D eigenvalue weighted by Crippen LogP contribution is -2.09. The molecule has 0 aliphatic rings. The monoisotopic (exact) mass is 1030 g/mol. The summed E-state index contributed by atoms with van der Waals surface area (Å²) in [7, 11) is -8.05. The van der Waals surface area contributed by atoms with Crippen LogP contribution in [-0.2, 0) is 28.6 Å². The molecule has 0 radical (unpaired) electrons. The summed E-state index contributed by atoms with van der Waals surface area (Å²) in [6.45, 7) is 4.82. The first-order chi connectivity index (χ1) is 30.1. The zero-order chi connectivity index (χ0) is 45.0. The van der Waals surface area contributed by atoms with Crippen LogP contribution in [0, 0.1) is 0 Å². The molecule has 2 aromatic rings. The van der Waals surface area contributed by atoms with Gasteiger partial charge in [0.15, 0.2) is 0 Å². The maximum absolute atomic E-state index is 13.3. The molecule has 0 atom stereocenters. The Morgan fingerprint density at radius 1 is 0.339 bits per heavy atom. The fraction of sp³-hybridized carbons (Fsp3) is 0.769. The fourth-order valence-corrected chi connectivity index (χ4v) is 12.0. The SMILES string of the molecule is CCCCCCCCCCCCCCCCCCCCOS(=O)(=O)c1cc(-c2ccc(Br)c(S(=O)(=O)OCCCCCCCCCCCCCCCCCCCC)c2)ccc1Br. The van der Waals surface area contributed by atoms with Crippen molar-refractivity contribution >= 4 is 52.1 Å². The molecule has 0 aromatic heterocycles. The van der Waals surface area contributed by atoms with Crippen molar-refractivity contribution in [1.82, 2.24) is 0 Å². The van der Waals surface area contributed by atoms with Crippen molar-refractivity contribution in [3.8, 4) is 11.1 Å². The van der Waals surface area contributed by atoms with Crippen LogP contribution in [0.2, 0.25) is 0 Å². The molecule has 6 nitrogen and oxygen atoms in total. The number of benzene rings is 2. The molecule has 0 heterocycles. The van der Waals surface area contributed by atoms with Gasteiger partial charge in [-0.25, -0.2) is 0 Å². The van der Waals surface area contributed by atoms with E-state index in [4.69, 9.17) is 8.37 Å². The van der Waals surface area contributed by atoms with Crippen LogP contribution in [0.5, 0.6) is 0 Å². The zero-order valence-electron chi connectivity index (χ0n) is 39.4. The van der Waals surface area contributed by atoms with E-state index in [2.05, 4.69) is 45.7 Å². The quantitative estimate of drug-likeness (QED) is 0.0486. The molecule has 2 rings (SSSR count). The van der Waals surface area contributed by atoms with Gasteiger partial charge >= 0.3 is 0 Å². The van der Waals surface area contributed by atoms with Gasteiger partial charge < -0.3 is 0 Å². The second-order valence-corrected chi connectivity index (χ2v) is 22.7. The van der Waals surface area contributed by atoms with E-state index in [1.165, 1.54) is 205 Å². The predicted octanol–water partition coefficient (Wildman–Crippen LogP) is 18.4. The van der Waals surface area contributed by atoms with Gasteiger partial charge in [0, 0.05) is 8.95 Å². The van der Waals surface area contributed by atoms with Gasteiger partial charge in [-0.15, -0.1) is 0 Å². The van der Waals surface area contributed by atoms with Gasteiger partial charge in [-0.2, -0.15) is 16.8 Å². The van der Waals surface area contributed by atoms with Gasteiger partial charge in [0.25, 0.3) is 20.2 Å². The molecule has 2 aromatic carbocycles. The van der Waals surface area contributed by atoms with E-state index in [1.54, 1.807) is 24.3 Å². The van der Waals surface area contributed by atoms with Crippen molar-refractivity contribution in [1.29, 1.82) is 0 Å². The standard InChI is InChI=1S/C52H88Br2O6S2/c1-3-5-7-9-11-13-15-17-19-21-23-25-27-29-31-33-35-37-43-59-61(55,56)51-45-47(39-41-49(51)53)48-40-42-50(54)52(46-48)62(57,58)60-44-38-36-34-32-30-28-26-24-22-20-18-16-14-12-10-8-6-4-2/h39-42,45-46H,3-38,43-44H2,1-2H3. The van der Waals surface area contributed by atoms with Crippen molar-refractivity contribution < 1.29 is 25.2 Å². The summed E-state index contributed by atoms with van der Waals surface area (Å²) < 4.78 is 64.8. The molecule has 0 bridgehead atoms. The summed E-state index contributed by atoms with van der Waals surface area (Å²) in [6.07, 6.45) is 45.9. The largest absolute Gasteiger partial charge is 0.298 e. The van der Waals surface area contributed by atoms with Crippen LogP contribution < -0.4 is 0 Å². The highest BCUT2D eigenvalue weighted by atomic mass is 79.9. The number of halogens is 2. The normalized spacial score (nSPS) is 12.1. The van der Waals surface area contributed by atoms with Gasteiger partial charge in [-0.3, -0.25) is 8.37 Å². The van der Waals surface area contributed by atoms with Crippen LogP contribution in [0.3, 0.4) is 0 Å². The molecular weight excluding hydrogens is 945 g/mol. The second kappa shape index (κ2) is 37.3. The minimum Gasteiger partial charge on any atom is -0.266 e. The Morgan fingerprint density at radius 2 is 0.548 bits per heavy atom. The summed E-state index contributed by atoms with van der Waals surface area (Å²) in [5.41, 5.74) is 1.13. The van der Waals surface area contributed by atoms with Gasteiger partial charge in [-0.1, -0.05) is 244 Å². The molecule has 0 amide bonds. The maximum atomic E-state index is 13.3. The molecule has 0 N–H and O–H groups in total. The zero-order valence-corrected chi connectivity index (χ0v) is 44.2. The van der Waals surface area contributed by atoms with Crippen molar-refractivity contribution in [2.75, 3.05) is 13.2 Å². The molecule has 358 valence electrons. The average molecular weight is 1030 g/mol. The third-order valence-corrected chi connectivity index (χ3v) is 16.8. The first kappa shape index (κ1) is 57.3. The van der Waals surface area contributed by atoms with Gasteiger partial charge in [0.2, 0.25) is 0 Å². The predicted molar refractivity (Wildman–Crippen MR) is 271 cm³/mol. The van der Waals surface area contributed by atoms with Crippen molar-refractivity contribution in [3.05, 3.63) is 45.3 Å². The second-order valence-electron chi connectivity index (χ2n) is 17.9. The minimum absolute atomic E-state index is 0.0232. The van der Waals surface area contributed by atoms with Gasteiger partial charge in [0.1, 0.15) is 9.79 Å². The van der Waals surface area contributed by atoms with Crippen LogP contribution in [0.25, 0.3) is 11.1 Å². The Morgan fingerprint density at radius 3 is 0.774 bits per heavy atom. The highest BCUT2D eigenvalue weighted by Gasteiger charge is 2.23. The van der Waals surface area contributed by atoms with Crippen LogP contribution in [0.15, 0.2) is 55.1 Å². The molecule has 0 saturated heterocycles. The van der Waals surface area contributed by atoms with Crippen LogP contribution >= 0.6 is 31.9 Å². The molecule has 0 unspecified atom stereocenters. The van der Waals surface area contributed by atoms with Crippen LogP contribution in [-0.4, -0.2) is 30.0 Å². The van der Waals surface area contributed by atoms with E-state index < -0.39 is 20.2 Å². The number of hydrogen-bond acceptors (Lipinski definition) is 6. The highest BCUT2D eigenvalue weighted by molar-refractivity contribution is 9.10. The molecule has 62 heavy (non-hydrogen) atoms. The maximum Gasteiger partial charge on any atom is 0.298 e. The number of hydrogen-bond donors (Lipinski definition) is 0. The molecule has 0 aliphatic heterocycles. The third-order valence-electron chi connectivity index (χ3n) is 12.2. The first-order valence-electron chi connectivity index (χ1n) is 25.5. The Balaban J connectivity index is 1.62. The smallest absolute Gasteiger partial charge is 0.266 e. The van der Waals surface area contributed by atoms with E-state index >= 15 is 0 Å². The molecular formula is C52H88Br2O6S2.